The highest BCUT2D eigenvalue weighted by Crippen LogP contribution is 2.31. The maximum Gasteiger partial charge on any atom is 0.337 e. The minimum Gasteiger partial charge on any atom is -0.465 e. The van der Waals surface area contributed by atoms with Gasteiger partial charge in [0.25, 0.3) is 5.69 Å². The third kappa shape index (κ3) is 3.42. The van der Waals surface area contributed by atoms with Crippen molar-refractivity contribution in [3.05, 3.63) is 63.7 Å². The second-order valence-electron chi connectivity index (χ2n) is 4.17. The lowest BCUT2D eigenvalue weighted by molar-refractivity contribution is -0.385. The first-order valence-corrected chi connectivity index (χ1v) is 6.91. The third-order valence-corrected chi connectivity index (χ3v) is 3.79. The van der Waals surface area contributed by atoms with Gasteiger partial charge in [-0.2, -0.15) is 5.26 Å². The Morgan fingerprint density at radius 3 is 2.41 bits per heavy atom. The summed E-state index contributed by atoms with van der Waals surface area (Å²) in [7, 11) is 1.31. The van der Waals surface area contributed by atoms with Crippen LogP contribution in [0.4, 0.5) is 5.69 Å². The van der Waals surface area contributed by atoms with Crippen molar-refractivity contribution in [2.75, 3.05) is 7.11 Å². The normalized spacial score (nSPS) is 9.82. The fourth-order valence-electron chi connectivity index (χ4n) is 1.73. The van der Waals surface area contributed by atoms with Crippen molar-refractivity contribution in [2.24, 2.45) is 0 Å². The number of ether oxygens (including phenoxy) is 1. The molecule has 0 aliphatic rings. The highest BCUT2D eigenvalue weighted by molar-refractivity contribution is 7.99. The Labute approximate surface area is 130 Å². The second kappa shape index (κ2) is 6.74. The predicted octanol–water partition coefficient (Wildman–Crippen LogP) is 3.40. The maximum atomic E-state index is 11.3. The molecule has 2 aromatic rings. The van der Waals surface area contributed by atoms with E-state index in [0.717, 1.165) is 4.90 Å². The van der Waals surface area contributed by atoms with Crippen LogP contribution in [0.1, 0.15) is 15.9 Å². The van der Waals surface area contributed by atoms with Crippen LogP contribution in [0, 0.1) is 21.4 Å². The number of carbonyl (C=O) groups is 1. The summed E-state index contributed by atoms with van der Waals surface area (Å²) in [6, 6.07) is 12.9. The van der Waals surface area contributed by atoms with Crippen LogP contribution in [0.3, 0.4) is 0 Å². The minimum absolute atomic E-state index is 0.0235. The van der Waals surface area contributed by atoms with E-state index in [1.807, 2.05) is 0 Å². The Morgan fingerprint density at radius 2 is 1.86 bits per heavy atom. The summed E-state index contributed by atoms with van der Waals surface area (Å²) < 4.78 is 4.61. The van der Waals surface area contributed by atoms with Gasteiger partial charge in [0, 0.05) is 15.9 Å². The number of methoxy groups -OCH3 is 1. The van der Waals surface area contributed by atoms with Crippen molar-refractivity contribution < 1.29 is 14.5 Å². The van der Waals surface area contributed by atoms with Crippen molar-refractivity contribution in [1.82, 2.24) is 0 Å². The number of esters is 1. The number of rotatable bonds is 4. The summed E-state index contributed by atoms with van der Waals surface area (Å²) in [5, 5.41) is 19.8. The molecule has 22 heavy (non-hydrogen) atoms. The van der Waals surface area contributed by atoms with E-state index in [4.69, 9.17) is 5.26 Å². The fraction of sp³-hybridized carbons (Fsp3) is 0.0667. The van der Waals surface area contributed by atoms with E-state index in [9.17, 15) is 14.9 Å². The Balaban J connectivity index is 2.24. The Hall–Kier alpha value is -2.85. The van der Waals surface area contributed by atoms with Crippen LogP contribution in [0.2, 0.25) is 0 Å². The summed E-state index contributed by atoms with van der Waals surface area (Å²) in [5.41, 5.74) is 0.228. The summed E-state index contributed by atoms with van der Waals surface area (Å²) in [4.78, 5) is 23.1. The molecule has 0 aliphatic carbocycles. The van der Waals surface area contributed by atoms with Crippen molar-refractivity contribution in [3.8, 4) is 6.07 Å². The first-order chi connectivity index (χ1) is 10.5. The smallest absolute Gasteiger partial charge is 0.337 e. The van der Waals surface area contributed by atoms with Gasteiger partial charge in [-0.15, -0.1) is 0 Å². The van der Waals surface area contributed by atoms with Crippen LogP contribution >= 0.6 is 11.8 Å². The SMILES string of the molecule is COC(=O)c1ccc(Sc2ccc(C#N)c([N+](=O)[O-])c2)cc1. The average Bonchev–Trinajstić information content (AvgIpc) is 2.54. The number of nitro groups is 1. The zero-order chi connectivity index (χ0) is 16.1. The van der Waals surface area contributed by atoms with Crippen molar-refractivity contribution >= 4 is 23.4 Å². The van der Waals surface area contributed by atoms with E-state index in [1.54, 1.807) is 36.4 Å². The first kappa shape index (κ1) is 15.5. The van der Waals surface area contributed by atoms with Crippen LogP contribution in [0.25, 0.3) is 0 Å². The zero-order valence-corrected chi connectivity index (χ0v) is 12.3. The highest BCUT2D eigenvalue weighted by Gasteiger charge is 2.14. The van der Waals surface area contributed by atoms with E-state index in [1.165, 1.54) is 31.0 Å². The molecular weight excluding hydrogens is 304 g/mol. The Morgan fingerprint density at radius 1 is 1.23 bits per heavy atom. The summed E-state index contributed by atoms with van der Waals surface area (Å²) in [5.74, 6) is -0.425. The van der Waals surface area contributed by atoms with Gasteiger partial charge in [0.15, 0.2) is 0 Å². The minimum atomic E-state index is -0.580. The van der Waals surface area contributed by atoms with E-state index >= 15 is 0 Å². The van der Waals surface area contributed by atoms with Gasteiger partial charge in [0.2, 0.25) is 0 Å². The first-order valence-electron chi connectivity index (χ1n) is 6.10. The monoisotopic (exact) mass is 314 g/mol. The molecule has 2 aromatic carbocycles. The molecular formula is C15H10N2O4S. The van der Waals surface area contributed by atoms with E-state index in [-0.39, 0.29) is 11.3 Å². The molecule has 0 aliphatic heterocycles. The quantitative estimate of drug-likeness (QED) is 0.488. The summed E-state index contributed by atoms with van der Waals surface area (Å²) in [6.45, 7) is 0. The number of hydrogen-bond donors (Lipinski definition) is 0. The topological polar surface area (TPSA) is 93.2 Å². The lowest BCUT2D eigenvalue weighted by atomic mass is 10.2. The molecule has 0 heterocycles. The summed E-state index contributed by atoms with van der Waals surface area (Å²) >= 11 is 1.30. The molecule has 0 radical (unpaired) electrons. The van der Waals surface area contributed by atoms with Gasteiger partial charge >= 0.3 is 5.97 Å². The summed E-state index contributed by atoms with van der Waals surface area (Å²) in [6.07, 6.45) is 0. The lowest BCUT2D eigenvalue weighted by Crippen LogP contribution is -2.00. The highest BCUT2D eigenvalue weighted by atomic mass is 32.2. The predicted molar refractivity (Wildman–Crippen MR) is 79.7 cm³/mol. The zero-order valence-electron chi connectivity index (χ0n) is 11.5. The molecule has 0 amide bonds. The molecule has 110 valence electrons. The number of benzene rings is 2. The molecule has 0 bridgehead atoms. The molecule has 0 unspecified atom stereocenters. The van der Waals surface area contributed by atoms with Crippen molar-refractivity contribution in [3.63, 3.8) is 0 Å². The lowest BCUT2D eigenvalue weighted by Gasteiger charge is -2.04. The number of nitrogens with zero attached hydrogens (tertiary/aromatic N) is 2. The van der Waals surface area contributed by atoms with Gasteiger partial charge in [0.1, 0.15) is 11.6 Å². The van der Waals surface area contributed by atoms with Gasteiger partial charge in [-0.1, -0.05) is 11.8 Å². The molecule has 0 saturated carbocycles. The van der Waals surface area contributed by atoms with E-state index in [0.29, 0.717) is 10.5 Å². The van der Waals surface area contributed by atoms with E-state index < -0.39 is 10.9 Å². The molecule has 0 fully saturated rings. The molecule has 0 N–H and O–H groups in total. The van der Waals surface area contributed by atoms with Crippen molar-refractivity contribution in [1.29, 1.82) is 5.26 Å². The van der Waals surface area contributed by atoms with Crippen LogP contribution in [0.15, 0.2) is 52.3 Å². The van der Waals surface area contributed by atoms with Gasteiger partial charge in [-0.3, -0.25) is 10.1 Å². The average molecular weight is 314 g/mol. The molecule has 2 rings (SSSR count). The molecule has 0 saturated heterocycles. The van der Waals surface area contributed by atoms with Crippen molar-refractivity contribution in [2.45, 2.75) is 9.79 Å². The fourth-order valence-corrected chi connectivity index (χ4v) is 2.58. The standard InChI is InChI=1S/C15H10N2O4S/c1-21-15(18)10-2-5-12(6-3-10)22-13-7-4-11(9-16)14(8-13)17(19)20/h2-8H,1H3. The van der Waals surface area contributed by atoms with Crippen LogP contribution < -0.4 is 0 Å². The molecule has 6 nitrogen and oxygen atoms in total. The number of nitriles is 1. The Bertz CT molecular complexity index is 766. The molecule has 0 atom stereocenters. The van der Waals surface area contributed by atoms with Crippen LogP contribution in [-0.2, 0) is 4.74 Å². The Kier molecular flexibility index (Phi) is 4.76. The molecule has 7 heteroatoms. The van der Waals surface area contributed by atoms with Gasteiger partial charge < -0.3 is 4.74 Å². The number of hydrogen-bond acceptors (Lipinski definition) is 6. The molecule has 0 spiro atoms. The van der Waals surface area contributed by atoms with Gasteiger partial charge in [-0.25, -0.2) is 4.79 Å². The third-order valence-electron chi connectivity index (χ3n) is 2.80. The van der Waals surface area contributed by atoms with Gasteiger partial charge in [-0.05, 0) is 36.4 Å². The van der Waals surface area contributed by atoms with Crippen LogP contribution in [0.5, 0.6) is 0 Å². The van der Waals surface area contributed by atoms with E-state index in [2.05, 4.69) is 4.74 Å². The largest absolute Gasteiger partial charge is 0.465 e. The molecule has 0 aromatic heterocycles. The maximum absolute atomic E-state index is 11.3. The number of carbonyl (C=O) groups excluding carboxylic acids is 1. The van der Waals surface area contributed by atoms with Crippen LogP contribution in [-0.4, -0.2) is 18.0 Å². The van der Waals surface area contributed by atoms with Gasteiger partial charge in [0.05, 0.1) is 17.6 Å². The second-order valence-corrected chi connectivity index (χ2v) is 5.31. The number of nitro benzene ring substituents is 1.